The number of benzene rings is 1. The van der Waals surface area contributed by atoms with Crippen molar-refractivity contribution in [1.29, 1.82) is 5.26 Å². The summed E-state index contributed by atoms with van der Waals surface area (Å²) in [6, 6.07) is 9.04. The lowest BCUT2D eigenvalue weighted by Crippen LogP contribution is -2.43. The van der Waals surface area contributed by atoms with Crippen molar-refractivity contribution in [2.24, 2.45) is 0 Å². The Balaban J connectivity index is 2.68. The zero-order valence-electron chi connectivity index (χ0n) is 12.0. The lowest BCUT2D eigenvalue weighted by atomic mass is 10.1. The molecule has 0 saturated carbocycles. The van der Waals surface area contributed by atoms with Crippen LogP contribution in [0, 0.1) is 11.3 Å². The number of nitrogens with zero attached hydrogens (tertiary/aromatic N) is 1. The van der Waals surface area contributed by atoms with Gasteiger partial charge in [-0.3, -0.25) is 5.32 Å². The van der Waals surface area contributed by atoms with Gasteiger partial charge in [0.25, 0.3) is 0 Å². The van der Waals surface area contributed by atoms with E-state index in [0.29, 0.717) is 10.6 Å². The first-order chi connectivity index (χ1) is 9.30. The molecule has 20 heavy (non-hydrogen) atoms. The van der Waals surface area contributed by atoms with E-state index in [0.717, 1.165) is 17.9 Å². The molecule has 1 rings (SSSR count). The molecular weight excluding hydrogens is 292 g/mol. The molecule has 4 nitrogen and oxygen atoms in total. The average Bonchev–Trinajstić information content (AvgIpc) is 2.42. The summed E-state index contributed by atoms with van der Waals surface area (Å²) < 4.78 is 22.7. The first kappa shape index (κ1) is 17.0. The van der Waals surface area contributed by atoms with E-state index in [1.807, 2.05) is 6.92 Å². The Morgan fingerprint density at radius 3 is 2.40 bits per heavy atom. The highest BCUT2D eigenvalue weighted by molar-refractivity contribution is 7.99. The van der Waals surface area contributed by atoms with Crippen LogP contribution in [0.5, 0.6) is 0 Å². The maximum atomic E-state index is 11.4. The molecule has 1 atom stereocenters. The third-order valence-electron chi connectivity index (χ3n) is 2.79. The van der Waals surface area contributed by atoms with Gasteiger partial charge in [-0.05, 0) is 44.2 Å². The van der Waals surface area contributed by atoms with Gasteiger partial charge in [0.1, 0.15) is 5.54 Å². The molecule has 0 amide bonds. The molecule has 0 spiro atoms. The summed E-state index contributed by atoms with van der Waals surface area (Å²) in [6.07, 6.45) is 2.17. The van der Waals surface area contributed by atoms with Crippen molar-refractivity contribution in [3.63, 3.8) is 0 Å². The molecule has 110 valence electrons. The highest BCUT2D eigenvalue weighted by atomic mass is 32.2. The smallest absolute Gasteiger partial charge is 0.175 e. The molecule has 0 aliphatic rings. The van der Waals surface area contributed by atoms with E-state index in [9.17, 15) is 13.7 Å². The largest absolute Gasteiger partial charge is 0.299 e. The molecule has 0 aliphatic heterocycles. The molecule has 0 radical (unpaired) electrons. The molecule has 0 aromatic heterocycles. The quantitative estimate of drug-likeness (QED) is 0.783. The van der Waals surface area contributed by atoms with Gasteiger partial charge >= 0.3 is 0 Å². The van der Waals surface area contributed by atoms with Crippen molar-refractivity contribution in [2.45, 2.75) is 35.6 Å². The fourth-order valence-electron chi connectivity index (χ4n) is 1.53. The van der Waals surface area contributed by atoms with Gasteiger partial charge in [-0.1, -0.05) is 6.92 Å². The standard InChI is InChI=1S/C14H20N2O2S2/c1-4-9-16-14(2,10-15)11-19-12-5-7-13(8-6-12)20(3,17)18/h5-8,16H,4,9,11H2,1-3H3. The number of rotatable bonds is 7. The Morgan fingerprint density at radius 2 is 1.95 bits per heavy atom. The van der Waals surface area contributed by atoms with Crippen molar-refractivity contribution in [2.75, 3.05) is 18.6 Å². The summed E-state index contributed by atoms with van der Waals surface area (Å²) >= 11 is 1.54. The second kappa shape index (κ2) is 7.11. The zero-order chi connectivity index (χ0) is 15.2. The van der Waals surface area contributed by atoms with E-state index in [4.69, 9.17) is 0 Å². The van der Waals surface area contributed by atoms with E-state index in [-0.39, 0.29) is 0 Å². The van der Waals surface area contributed by atoms with Crippen molar-refractivity contribution >= 4 is 21.6 Å². The van der Waals surface area contributed by atoms with Crippen molar-refractivity contribution in [3.05, 3.63) is 24.3 Å². The minimum absolute atomic E-state index is 0.314. The van der Waals surface area contributed by atoms with Crippen LogP contribution in [-0.4, -0.2) is 32.5 Å². The van der Waals surface area contributed by atoms with Crippen LogP contribution in [0.2, 0.25) is 0 Å². The van der Waals surface area contributed by atoms with Gasteiger partial charge in [0.2, 0.25) is 0 Å². The number of nitriles is 1. The number of hydrogen-bond donors (Lipinski definition) is 1. The van der Waals surface area contributed by atoms with Crippen LogP contribution < -0.4 is 5.32 Å². The van der Waals surface area contributed by atoms with Crippen LogP contribution in [0.15, 0.2) is 34.1 Å². The normalized spacial score (nSPS) is 14.5. The average molecular weight is 312 g/mol. The van der Waals surface area contributed by atoms with Gasteiger partial charge in [0.15, 0.2) is 9.84 Å². The fraction of sp³-hybridized carbons (Fsp3) is 0.500. The minimum atomic E-state index is -3.15. The van der Waals surface area contributed by atoms with Gasteiger partial charge in [-0.25, -0.2) is 8.42 Å². The van der Waals surface area contributed by atoms with Gasteiger partial charge in [-0.15, -0.1) is 11.8 Å². The molecule has 0 heterocycles. The second-order valence-corrected chi connectivity index (χ2v) is 7.97. The molecule has 1 aromatic carbocycles. The van der Waals surface area contributed by atoms with E-state index >= 15 is 0 Å². The van der Waals surface area contributed by atoms with Crippen LogP contribution in [0.25, 0.3) is 0 Å². The van der Waals surface area contributed by atoms with E-state index in [2.05, 4.69) is 18.3 Å². The Bertz CT molecular complexity index is 576. The molecule has 0 bridgehead atoms. The van der Waals surface area contributed by atoms with E-state index in [1.165, 1.54) is 6.26 Å². The number of sulfone groups is 1. The van der Waals surface area contributed by atoms with E-state index in [1.54, 1.807) is 36.0 Å². The third kappa shape index (κ3) is 5.16. The SMILES string of the molecule is CCCNC(C)(C#N)CSc1ccc(S(C)(=O)=O)cc1. The molecule has 0 fully saturated rings. The number of thioether (sulfide) groups is 1. The number of hydrogen-bond acceptors (Lipinski definition) is 5. The van der Waals surface area contributed by atoms with Crippen LogP contribution in [0.1, 0.15) is 20.3 Å². The molecule has 0 saturated heterocycles. The first-order valence-corrected chi connectivity index (χ1v) is 9.27. The molecule has 0 aliphatic carbocycles. The monoisotopic (exact) mass is 312 g/mol. The molecule has 1 unspecified atom stereocenters. The Hall–Kier alpha value is -1.03. The summed E-state index contributed by atoms with van der Waals surface area (Å²) in [4.78, 5) is 1.27. The van der Waals surface area contributed by atoms with Gasteiger partial charge in [0.05, 0.1) is 11.0 Å². The third-order valence-corrected chi connectivity index (χ3v) is 5.25. The Kier molecular flexibility index (Phi) is 6.06. The highest BCUT2D eigenvalue weighted by Crippen LogP contribution is 2.24. The van der Waals surface area contributed by atoms with Crippen molar-refractivity contribution in [3.8, 4) is 6.07 Å². The summed E-state index contributed by atoms with van der Waals surface area (Å²) in [5.74, 6) is 0.613. The Labute approximate surface area is 125 Å². The number of nitrogens with one attached hydrogen (secondary N) is 1. The van der Waals surface area contributed by atoms with Gasteiger partial charge in [-0.2, -0.15) is 5.26 Å². The Morgan fingerprint density at radius 1 is 1.35 bits per heavy atom. The summed E-state index contributed by atoms with van der Waals surface area (Å²) in [6.45, 7) is 4.74. The summed E-state index contributed by atoms with van der Waals surface area (Å²) in [5.41, 5.74) is -0.573. The fourth-order valence-corrected chi connectivity index (χ4v) is 3.12. The summed E-state index contributed by atoms with van der Waals surface area (Å²) in [7, 11) is -3.15. The predicted molar refractivity (Wildman–Crippen MR) is 82.6 cm³/mol. The zero-order valence-corrected chi connectivity index (χ0v) is 13.6. The molecular formula is C14H20N2O2S2. The second-order valence-electron chi connectivity index (χ2n) is 4.90. The lowest BCUT2D eigenvalue weighted by molar-refractivity contribution is 0.493. The topological polar surface area (TPSA) is 70.0 Å². The lowest BCUT2D eigenvalue weighted by Gasteiger charge is -2.22. The van der Waals surface area contributed by atoms with Crippen molar-refractivity contribution in [1.82, 2.24) is 5.32 Å². The first-order valence-electron chi connectivity index (χ1n) is 6.40. The van der Waals surface area contributed by atoms with Crippen LogP contribution in [0.3, 0.4) is 0 Å². The highest BCUT2D eigenvalue weighted by Gasteiger charge is 2.22. The minimum Gasteiger partial charge on any atom is -0.299 e. The van der Waals surface area contributed by atoms with E-state index < -0.39 is 15.4 Å². The maximum absolute atomic E-state index is 11.4. The van der Waals surface area contributed by atoms with Crippen molar-refractivity contribution < 1.29 is 8.42 Å². The van der Waals surface area contributed by atoms with Crippen LogP contribution in [0.4, 0.5) is 0 Å². The summed E-state index contributed by atoms with van der Waals surface area (Å²) in [5, 5.41) is 12.5. The van der Waals surface area contributed by atoms with Crippen LogP contribution in [-0.2, 0) is 9.84 Å². The maximum Gasteiger partial charge on any atom is 0.175 e. The predicted octanol–water partition coefficient (Wildman–Crippen LogP) is 2.46. The van der Waals surface area contributed by atoms with Gasteiger partial charge < -0.3 is 0 Å². The molecule has 6 heteroatoms. The molecule has 1 aromatic rings. The molecule has 1 N–H and O–H groups in total. The van der Waals surface area contributed by atoms with Gasteiger partial charge in [0, 0.05) is 16.9 Å². The van der Waals surface area contributed by atoms with Crippen LogP contribution >= 0.6 is 11.8 Å².